The lowest BCUT2D eigenvalue weighted by molar-refractivity contribution is -0.142. The highest BCUT2D eigenvalue weighted by molar-refractivity contribution is 5.93. The molecule has 6 heteroatoms. The summed E-state index contributed by atoms with van der Waals surface area (Å²) < 4.78 is 5.61. The molecule has 1 aliphatic carbocycles. The van der Waals surface area contributed by atoms with Crippen molar-refractivity contribution >= 4 is 17.6 Å². The smallest absolute Gasteiger partial charge is 0.308 e. The molecule has 5 rings (SSSR count). The van der Waals surface area contributed by atoms with Gasteiger partial charge < -0.3 is 19.3 Å². The number of para-hydroxylation sites is 1. The van der Waals surface area contributed by atoms with Crippen molar-refractivity contribution in [3.8, 4) is 0 Å². The summed E-state index contributed by atoms with van der Waals surface area (Å²) in [7, 11) is 0. The Hall–Kier alpha value is -2.76. The van der Waals surface area contributed by atoms with Crippen LogP contribution in [0.3, 0.4) is 0 Å². The molecule has 2 fully saturated rings. The number of furan rings is 1. The largest absolute Gasteiger partial charge is 0.481 e. The third-order valence-corrected chi connectivity index (χ3v) is 6.83. The number of carbonyl (C=O) groups excluding carboxylic acids is 1. The average Bonchev–Trinajstić information content (AvgIpc) is 3.15. The fraction of sp³-hybridized carbons (Fsp3) is 0.478. The lowest BCUT2D eigenvalue weighted by Crippen LogP contribution is -2.32. The maximum absolute atomic E-state index is 13.2. The van der Waals surface area contributed by atoms with E-state index in [1.54, 1.807) is 11.2 Å². The van der Waals surface area contributed by atoms with E-state index in [4.69, 9.17) is 4.42 Å². The minimum atomic E-state index is -0.792. The highest BCUT2D eigenvalue weighted by Gasteiger charge is 2.47. The average molecular weight is 394 g/mol. The van der Waals surface area contributed by atoms with E-state index in [0.29, 0.717) is 30.8 Å². The molecular weight excluding hydrogens is 368 g/mol. The number of likely N-dealkylation sites (tertiary alicyclic amines) is 1. The van der Waals surface area contributed by atoms with Crippen molar-refractivity contribution in [1.82, 2.24) is 4.90 Å². The van der Waals surface area contributed by atoms with Crippen LogP contribution in [-0.4, -0.2) is 41.0 Å². The molecule has 1 saturated carbocycles. The highest BCUT2D eigenvalue weighted by atomic mass is 16.4. The zero-order valence-corrected chi connectivity index (χ0v) is 16.6. The van der Waals surface area contributed by atoms with Crippen LogP contribution in [0.4, 0.5) is 5.69 Å². The lowest BCUT2D eigenvalue weighted by atomic mass is 9.92. The van der Waals surface area contributed by atoms with Crippen LogP contribution in [0, 0.1) is 17.8 Å². The summed E-state index contributed by atoms with van der Waals surface area (Å²) in [4.78, 5) is 28.9. The van der Waals surface area contributed by atoms with Gasteiger partial charge in [-0.2, -0.15) is 0 Å². The molecule has 0 radical (unpaired) electrons. The summed E-state index contributed by atoms with van der Waals surface area (Å²) >= 11 is 0. The van der Waals surface area contributed by atoms with Crippen LogP contribution in [0.5, 0.6) is 0 Å². The molecule has 29 heavy (non-hydrogen) atoms. The second-order valence-electron chi connectivity index (χ2n) is 8.74. The van der Waals surface area contributed by atoms with Crippen molar-refractivity contribution in [1.29, 1.82) is 0 Å². The molecule has 3 atom stereocenters. The first-order chi connectivity index (χ1) is 14.0. The van der Waals surface area contributed by atoms with Crippen molar-refractivity contribution in [2.24, 2.45) is 17.8 Å². The van der Waals surface area contributed by atoms with Gasteiger partial charge in [-0.05, 0) is 55.7 Å². The Balaban J connectivity index is 1.35. The molecule has 1 amide bonds. The summed E-state index contributed by atoms with van der Waals surface area (Å²) in [5, 5.41) is 9.59. The Bertz CT molecular complexity index is 948. The van der Waals surface area contributed by atoms with Crippen LogP contribution in [0.15, 0.2) is 41.0 Å². The number of nitrogens with zero attached hydrogens (tertiary/aromatic N) is 2. The van der Waals surface area contributed by atoms with Gasteiger partial charge in [-0.3, -0.25) is 9.59 Å². The molecule has 1 aromatic carbocycles. The Morgan fingerprint density at radius 2 is 1.97 bits per heavy atom. The van der Waals surface area contributed by atoms with E-state index in [1.807, 2.05) is 12.1 Å². The van der Waals surface area contributed by atoms with Crippen LogP contribution < -0.4 is 4.90 Å². The van der Waals surface area contributed by atoms with Gasteiger partial charge >= 0.3 is 5.97 Å². The molecule has 2 aromatic rings. The van der Waals surface area contributed by atoms with Gasteiger partial charge in [0.05, 0.1) is 12.2 Å². The highest BCUT2D eigenvalue weighted by Crippen LogP contribution is 2.44. The number of carbonyl (C=O) groups is 2. The van der Waals surface area contributed by atoms with Crippen molar-refractivity contribution in [2.75, 3.05) is 18.0 Å². The van der Waals surface area contributed by atoms with Crippen molar-refractivity contribution < 1.29 is 19.1 Å². The molecule has 1 saturated heterocycles. The van der Waals surface area contributed by atoms with E-state index >= 15 is 0 Å². The van der Waals surface area contributed by atoms with Gasteiger partial charge in [0.15, 0.2) is 5.76 Å². The molecule has 3 aliphatic rings. The van der Waals surface area contributed by atoms with Crippen LogP contribution in [0.1, 0.15) is 41.4 Å². The van der Waals surface area contributed by atoms with Crippen LogP contribution in [0.2, 0.25) is 0 Å². The topological polar surface area (TPSA) is 74.0 Å². The number of aliphatic carboxylic acids is 1. The van der Waals surface area contributed by atoms with Crippen molar-refractivity contribution in [2.45, 2.75) is 38.8 Å². The van der Waals surface area contributed by atoms with E-state index in [2.05, 4.69) is 30.0 Å². The molecule has 1 aromatic heterocycles. The zero-order chi connectivity index (χ0) is 20.1. The molecule has 152 valence electrons. The number of rotatable bonds is 5. The molecule has 6 nitrogen and oxygen atoms in total. The van der Waals surface area contributed by atoms with Crippen LogP contribution >= 0.6 is 0 Å². The molecule has 1 unspecified atom stereocenters. The fourth-order valence-corrected chi connectivity index (χ4v) is 5.10. The minimum absolute atomic E-state index is 0.0698. The summed E-state index contributed by atoms with van der Waals surface area (Å²) in [6.45, 7) is 3.60. The summed E-state index contributed by atoms with van der Waals surface area (Å²) in [6.07, 6.45) is 4.72. The molecule has 1 N–H and O–H groups in total. The summed E-state index contributed by atoms with van der Waals surface area (Å²) in [5.74, 6) is -0.566. The third-order valence-electron chi connectivity index (χ3n) is 6.83. The molecular formula is C23H26N2O4. The first-order valence-electron chi connectivity index (χ1n) is 10.5. The number of hydrogen-bond donors (Lipinski definition) is 1. The van der Waals surface area contributed by atoms with E-state index in [1.165, 1.54) is 11.3 Å². The van der Waals surface area contributed by atoms with Gasteiger partial charge in [-0.1, -0.05) is 18.2 Å². The van der Waals surface area contributed by atoms with Gasteiger partial charge in [0.1, 0.15) is 0 Å². The minimum Gasteiger partial charge on any atom is -0.481 e. The number of fused-ring (bicyclic) bond motifs is 1. The number of anilines is 1. The van der Waals surface area contributed by atoms with E-state index in [9.17, 15) is 14.7 Å². The molecule has 3 heterocycles. The van der Waals surface area contributed by atoms with Gasteiger partial charge in [0.25, 0.3) is 5.91 Å². The maximum Gasteiger partial charge on any atom is 0.308 e. The van der Waals surface area contributed by atoms with Gasteiger partial charge in [0, 0.05) is 36.9 Å². The second kappa shape index (κ2) is 6.94. The van der Waals surface area contributed by atoms with Gasteiger partial charge in [-0.25, -0.2) is 0 Å². The number of amides is 1. The Morgan fingerprint density at radius 3 is 2.72 bits per heavy atom. The van der Waals surface area contributed by atoms with Crippen LogP contribution in [-0.2, 0) is 17.8 Å². The molecule has 0 bridgehead atoms. The predicted octanol–water partition coefficient (Wildman–Crippen LogP) is 3.41. The Kier molecular flexibility index (Phi) is 4.37. The quantitative estimate of drug-likeness (QED) is 0.841. The summed E-state index contributed by atoms with van der Waals surface area (Å²) in [5.41, 5.74) is 3.40. The van der Waals surface area contributed by atoms with Crippen molar-refractivity contribution in [3.63, 3.8) is 0 Å². The standard InChI is InChI=1S/C23H26N2O4/c1-14-10-16-4-2-3-5-20(16)25(14)11-17-8-9-29-21(17)22(26)24-12-18(15-6-7-15)19(13-24)23(27)28/h2-5,8-9,14-15,18-19H,6-7,10-13H2,1H3,(H,27,28)/t14?,18-,19+/m1/s1. The number of benzene rings is 1. The van der Waals surface area contributed by atoms with Crippen molar-refractivity contribution in [3.05, 3.63) is 53.5 Å². The fourth-order valence-electron chi connectivity index (χ4n) is 5.10. The molecule has 2 aliphatic heterocycles. The number of carboxylic acid groups (broad SMARTS) is 1. The van der Waals surface area contributed by atoms with E-state index in [-0.39, 0.29) is 18.4 Å². The predicted molar refractivity (Wildman–Crippen MR) is 108 cm³/mol. The number of hydrogen-bond acceptors (Lipinski definition) is 4. The number of carboxylic acids is 1. The van der Waals surface area contributed by atoms with E-state index in [0.717, 1.165) is 24.8 Å². The Morgan fingerprint density at radius 1 is 1.17 bits per heavy atom. The maximum atomic E-state index is 13.2. The monoisotopic (exact) mass is 394 g/mol. The Labute approximate surface area is 170 Å². The first-order valence-corrected chi connectivity index (χ1v) is 10.5. The zero-order valence-electron chi connectivity index (χ0n) is 16.6. The second-order valence-corrected chi connectivity index (χ2v) is 8.74. The third kappa shape index (κ3) is 3.20. The lowest BCUT2D eigenvalue weighted by Gasteiger charge is -2.25. The molecule has 0 spiro atoms. The van der Waals surface area contributed by atoms with Gasteiger partial charge in [-0.15, -0.1) is 0 Å². The van der Waals surface area contributed by atoms with E-state index < -0.39 is 11.9 Å². The first kappa shape index (κ1) is 18.3. The van der Waals surface area contributed by atoms with Gasteiger partial charge in [0.2, 0.25) is 0 Å². The summed E-state index contributed by atoms with van der Waals surface area (Å²) in [6, 6.07) is 10.6. The SMILES string of the molecule is CC1Cc2ccccc2N1Cc1ccoc1C(=O)N1C[C@H](C(=O)O)[C@@H](C2CC2)C1. The van der Waals surface area contributed by atoms with Crippen LogP contribution in [0.25, 0.3) is 0 Å². The normalized spacial score (nSPS) is 26.0.